The average Bonchev–Trinajstić information content (AvgIpc) is 2.98. The van der Waals surface area contributed by atoms with Crippen molar-refractivity contribution in [1.29, 1.82) is 0 Å². The molecular formula is C12H9N4O2. The molecule has 3 aromatic rings. The number of para-hydroxylation sites is 1. The lowest BCUT2D eigenvalue weighted by Gasteiger charge is -1.97. The van der Waals surface area contributed by atoms with Gasteiger partial charge in [-0.3, -0.25) is 9.48 Å². The smallest absolute Gasteiger partial charge is 0.269 e. The van der Waals surface area contributed by atoms with E-state index in [4.69, 9.17) is 10.3 Å². The fourth-order valence-corrected chi connectivity index (χ4v) is 1.73. The van der Waals surface area contributed by atoms with Crippen LogP contribution in [-0.4, -0.2) is 20.8 Å². The van der Waals surface area contributed by atoms with Crippen LogP contribution in [0.3, 0.4) is 0 Å². The molecule has 1 amide bonds. The maximum Gasteiger partial charge on any atom is 0.269 e. The first-order chi connectivity index (χ1) is 8.74. The van der Waals surface area contributed by atoms with E-state index in [0.29, 0.717) is 6.54 Å². The van der Waals surface area contributed by atoms with Gasteiger partial charge in [0, 0.05) is 17.6 Å². The van der Waals surface area contributed by atoms with Crippen LogP contribution in [0.5, 0.6) is 0 Å². The third kappa shape index (κ3) is 1.73. The highest BCUT2D eigenvalue weighted by Crippen LogP contribution is 2.18. The van der Waals surface area contributed by atoms with E-state index in [2.05, 4.69) is 16.3 Å². The van der Waals surface area contributed by atoms with Gasteiger partial charge in [-0.2, -0.15) is 5.10 Å². The van der Waals surface area contributed by atoms with Crippen molar-refractivity contribution in [3.05, 3.63) is 47.9 Å². The molecule has 3 rings (SSSR count). The number of hydrogen-bond acceptors (Lipinski definition) is 4. The summed E-state index contributed by atoms with van der Waals surface area (Å²) in [6.07, 6.45) is 1.56. The van der Waals surface area contributed by atoms with E-state index in [0.717, 1.165) is 16.7 Å². The quantitative estimate of drug-likeness (QED) is 0.740. The Balaban J connectivity index is 1.93. The van der Waals surface area contributed by atoms with Crippen molar-refractivity contribution in [2.45, 2.75) is 6.54 Å². The van der Waals surface area contributed by atoms with Gasteiger partial charge in [-0.15, -0.1) is 0 Å². The molecule has 0 atom stereocenters. The van der Waals surface area contributed by atoms with Crippen molar-refractivity contribution < 1.29 is 9.32 Å². The number of nitrogens with two attached hydrogens (primary N) is 1. The van der Waals surface area contributed by atoms with Crippen LogP contribution >= 0.6 is 0 Å². The summed E-state index contributed by atoms with van der Waals surface area (Å²) in [4.78, 5) is 10.9. The first kappa shape index (κ1) is 10.5. The summed E-state index contributed by atoms with van der Waals surface area (Å²) in [6.45, 7) is 0.404. The molecule has 0 bridgehead atoms. The summed E-state index contributed by atoms with van der Waals surface area (Å²) in [7, 11) is 0. The van der Waals surface area contributed by atoms with Gasteiger partial charge < -0.3 is 10.3 Å². The van der Waals surface area contributed by atoms with Crippen molar-refractivity contribution in [3.8, 4) is 0 Å². The maximum absolute atomic E-state index is 10.9. The molecule has 0 saturated heterocycles. The Labute approximate surface area is 102 Å². The lowest BCUT2D eigenvalue weighted by atomic mass is 10.2. The zero-order valence-electron chi connectivity index (χ0n) is 9.33. The molecule has 2 aromatic heterocycles. The number of nitrogens with zero attached hydrogens (tertiary/aromatic N) is 3. The highest BCUT2D eigenvalue weighted by molar-refractivity contribution is 5.90. The summed E-state index contributed by atoms with van der Waals surface area (Å²) in [6, 6.07) is 10.2. The predicted molar refractivity (Wildman–Crippen MR) is 62.7 cm³/mol. The maximum atomic E-state index is 10.9. The van der Waals surface area contributed by atoms with Crippen molar-refractivity contribution in [1.82, 2.24) is 14.9 Å². The van der Waals surface area contributed by atoms with Gasteiger partial charge in [0.15, 0.2) is 11.3 Å². The van der Waals surface area contributed by atoms with Crippen LogP contribution in [0.15, 0.2) is 35.0 Å². The van der Waals surface area contributed by atoms with Crippen LogP contribution < -0.4 is 5.73 Å². The molecule has 0 aliphatic carbocycles. The molecule has 0 saturated carbocycles. The van der Waals surface area contributed by atoms with Gasteiger partial charge in [-0.1, -0.05) is 17.3 Å². The van der Waals surface area contributed by atoms with E-state index in [1.165, 1.54) is 0 Å². The van der Waals surface area contributed by atoms with Crippen LogP contribution in [0.2, 0.25) is 0 Å². The van der Waals surface area contributed by atoms with E-state index in [9.17, 15) is 4.79 Å². The fourth-order valence-electron chi connectivity index (χ4n) is 1.73. The van der Waals surface area contributed by atoms with Crippen molar-refractivity contribution in [2.24, 2.45) is 5.73 Å². The average molecular weight is 241 g/mol. The topological polar surface area (TPSA) is 86.9 Å². The Bertz CT molecular complexity index is 714. The zero-order valence-corrected chi connectivity index (χ0v) is 9.33. The second-order valence-corrected chi connectivity index (χ2v) is 3.81. The Morgan fingerprint density at radius 1 is 1.44 bits per heavy atom. The number of rotatable bonds is 3. The minimum Gasteiger partial charge on any atom is -0.364 e. The highest BCUT2D eigenvalue weighted by atomic mass is 16.5. The third-order valence-electron chi connectivity index (χ3n) is 2.58. The largest absolute Gasteiger partial charge is 0.364 e. The minimum atomic E-state index is -0.598. The number of primary amides is 1. The molecule has 0 spiro atoms. The van der Waals surface area contributed by atoms with Gasteiger partial charge in [0.05, 0.1) is 6.54 Å². The number of hydrogen-bond donors (Lipinski definition) is 1. The summed E-state index contributed by atoms with van der Waals surface area (Å²) in [5, 5.41) is 8.90. The fraction of sp³-hybridized carbons (Fsp3) is 0.0833. The lowest BCUT2D eigenvalue weighted by Crippen LogP contribution is -2.13. The standard InChI is InChI=1S/C12H9N4O2/c13-12(17)9-5-6-16(14-9)7-10-8-3-1-2-4-11(8)18-15-10/h1-4,6H,7H2,(H2,13,17). The Hall–Kier alpha value is -2.63. The summed E-state index contributed by atoms with van der Waals surface area (Å²) in [5.41, 5.74) is 6.69. The second kappa shape index (κ2) is 3.99. The molecule has 0 aliphatic rings. The molecular weight excluding hydrogens is 232 g/mol. The molecule has 0 fully saturated rings. The van der Waals surface area contributed by atoms with Gasteiger partial charge in [-0.05, 0) is 12.1 Å². The molecule has 89 valence electrons. The number of carbonyl (C=O) groups excluding carboxylic acids is 1. The van der Waals surface area contributed by atoms with Crippen molar-refractivity contribution in [2.75, 3.05) is 0 Å². The molecule has 2 heterocycles. The van der Waals surface area contributed by atoms with Crippen LogP contribution in [-0.2, 0) is 6.54 Å². The van der Waals surface area contributed by atoms with Crippen molar-refractivity contribution >= 4 is 16.9 Å². The van der Waals surface area contributed by atoms with Crippen LogP contribution in [0.25, 0.3) is 11.0 Å². The molecule has 0 unspecified atom stereocenters. The van der Waals surface area contributed by atoms with E-state index in [-0.39, 0.29) is 5.69 Å². The highest BCUT2D eigenvalue weighted by Gasteiger charge is 2.10. The lowest BCUT2D eigenvalue weighted by molar-refractivity contribution is 0.0994. The van der Waals surface area contributed by atoms with Gasteiger partial charge in [0.1, 0.15) is 5.69 Å². The SMILES string of the molecule is NC(=O)c1[c]cn(Cc2noc3ccccc23)n1. The van der Waals surface area contributed by atoms with E-state index in [1.807, 2.05) is 24.3 Å². The second-order valence-electron chi connectivity index (χ2n) is 3.81. The Kier molecular flexibility index (Phi) is 2.33. The number of aromatic nitrogens is 3. The van der Waals surface area contributed by atoms with Gasteiger partial charge in [0.2, 0.25) is 0 Å². The molecule has 6 nitrogen and oxygen atoms in total. The summed E-state index contributed by atoms with van der Waals surface area (Å²) in [5.74, 6) is -0.598. The summed E-state index contributed by atoms with van der Waals surface area (Å²) >= 11 is 0. The summed E-state index contributed by atoms with van der Waals surface area (Å²) < 4.78 is 6.73. The number of benzene rings is 1. The first-order valence-electron chi connectivity index (χ1n) is 5.32. The van der Waals surface area contributed by atoms with E-state index < -0.39 is 5.91 Å². The molecule has 1 radical (unpaired) electrons. The molecule has 2 N–H and O–H groups in total. The zero-order chi connectivity index (χ0) is 12.5. The third-order valence-corrected chi connectivity index (χ3v) is 2.58. The van der Waals surface area contributed by atoms with E-state index >= 15 is 0 Å². The van der Waals surface area contributed by atoms with E-state index in [1.54, 1.807) is 10.9 Å². The predicted octanol–water partition coefficient (Wildman–Crippen LogP) is 0.972. The van der Waals surface area contributed by atoms with Gasteiger partial charge in [0.25, 0.3) is 5.91 Å². The molecule has 0 aliphatic heterocycles. The van der Waals surface area contributed by atoms with Crippen molar-refractivity contribution in [3.63, 3.8) is 0 Å². The minimum absolute atomic E-state index is 0.114. The Morgan fingerprint density at radius 3 is 3.06 bits per heavy atom. The molecule has 6 heteroatoms. The molecule has 1 aromatic carbocycles. The van der Waals surface area contributed by atoms with Crippen LogP contribution in [0.1, 0.15) is 16.2 Å². The van der Waals surface area contributed by atoms with Crippen LogP contribution in [0, 0.1) is 6.07 Å². The van der Waals surface area contributed by atoms with Gasteiger partial charge in [-0.25, -0.2) is 0 Å². The number of amides is 1. The normalized spacial score (nSPS) is 10.9. The first-order valence-corrected chi connectivity index (χ1v) is 5.32. The number of fused-ring (bicyclic) bond motifs is 1. The number of carbonyl (C=O) groups is 1. The monoisotopic (exact) mass is 241 g/mol. The van der Waals surface area contributed by atoms with Gasteiger partial charge >= 0.3 is 0 Å². The van der Waals surface area contributed by atoms with Crippen LogP contribution in [0.4, 0.5) is 0 Å². The Morgan fingerprint density at radius 2 is 2.28 bits per heavy atom. The molecule has 18 heavy (non-hydrogen) atoms.